The highest BCUT2D eigenvalue weighted by Crippen LogP contribution is 2.39. The predicted molar refractivity (Wildman–Crippen MR) is 133 cm³/mol. The average molecular weight is 490 g/mol. The van der Waals surface area contributed by atoms with Gasteiger partial charge in [0.2, 0.25) is 5.91 Å². The molecule has 3 heterocycles. The third-order valence-corrected chi connectivity index (χ3v) is 7.53. The first-order valence-electron chi connectivity index (χ1n) is 11.7. The topological polar surface area (TPSA) is 79.0 Å². The number of amides is 3. The molecule has 3 aromatic rings. The van der Waals surface area contributed by atoms with Crippen molar-refractivity contribution < 1.29 is 19.1 Å². The van der Waals surface area contributed by atoms with Gasteiger partial charge >= 0.3 is 0 Å². The standard InChI is InChI=1S/C27H27N3O4S/c31-24(28-18-20-8-3-1-4-9-20)22-19-34-27(30(22)25(32)21-10-5-2-6-11-21)13-15-29(16-14-27)26(33)23-12-7-17-35-23/h1-12,17,22H,13-16,18-19H2,(H,28,31)/t22-/m1/s1. The van der Waals surface area contributed by atoms with E-state index in [0.717, 1.165) is 5.56 Å². The number of nitrogens with zero attached hydrogens (tertiary/aromatic N) is 2. The van der Waals surface area contributed by atoms with E-state index in [1.807, 2.05) is 66.0 Å². The average Bonchev–Trinajstić information content (AvgIpc) is 3.57. The number of likely N-dealkylation sites (tertiary alicyclic amines) is 1. The molecule has 1 atom stereocenters. The van der Waals surface area contributed by atoms with Gasteiger partial charge in [0.15, 0.2) is 0 Å². The van der Waals surface area contributed by atoms with Crippen molar-refractivity contribution in [2.75, 3.05) is 19.7 Å². The van der Waals surface area contributed by atoms with Crippen LogP contribution in [0, 0.1) is 0 Å². The summed E-state index contributed by atoms with van der Waals surface area (Å²) in [7, 11) is 0. The second-order valence-electron chi connectivity index (χ2n) is 8.79. The van der Waals surface area contributed by atoms with E-state index in [-0.39, 0.29) is 24.3 Å². The Morgan fingerprint density at radius 1 is 0.914 bits per heavy atom. The van der Waals surface area contributed by atoms with E-state index in [1.54, 1.807) is 21.9 Å². The van der Waals surface area contributed by atoms with Crippen LogP contribution in [0.4, 0.5) is 0 Å². The highest BCUT2D eigenvalue weighted by molar-refractivity contribution is 7.12. The van der Waals surface area contributed by atoms with Crippen LogP contribution in [0.2, 0.25) is 0 Å². The van der Waals surface area contributed by atoms with Crippen LogP contribution in [0.15, 0.2) is 78.2 Å². The molecule has 2 saturated heterocycles. The van der Waals surface area contributed by atoms with Crippen molar-refractivity contribution in [2.45, 2.75) is 31.2 Å². The van der Waals surface area contributed by atoms with Crippen LogP contribution in [0.5, 0.6) is 0 Å². The number of benzene rings is 2. The molecule has 0 radical (unpaired) electrons. The number of carbonyl (C=O) groups excluding carboxylic acids is 3. The van der Waals surface area contributed by atoms with E-state index in [1.165, 1.54) is 11.3 Å². The number of hydrogen-bond donors (Lipinski definition) is 1. The molecule has 0 aliphatic carbocycles. The summed E-state index contributed by atoms with van der Waals surface area (Å²) in [5.74, 6) is -0.487. The monoisotopic (exact) mass is 489 g/mol. The van der Waals surface area contributed by atoms with Gasteiger partial charge < -0.3 is 15.0 Å². The van der Waals surface area contributed by atoms with Crippen LogP contribution in [0.3, 0.4) is 0 Å². The van der Waals surface area contributed by atoms with Gasteiger partial charge in [-0.2, -0.15) is 0 Å². The zero-order valence-electron chi connectivity index (χ0n) is 19.3. The molecule has 0 unspecified atom stereocenters. The summed E-state index contributed by atoms with van der Waals surface area (Å²) in [4.78, 5) is 43.9. The molecule has 1 aromatic heterocycles. The first-order valence-corrected chi connectivity index (χ1v) is 12.6. The summed E-state index contributed by atoms with van der Waals surface area (Å²) in [6.07, 6.45) is 0.899. The van der Waals surface area contributed by atoms with Gasteiger partial charge in [0.1, 0.15) is 11.8 Å². The van der Waals surface area contributed by atoms with Gasteiger partial charge in [0.25, 0.3) is 11.8 Å². The lowest BCUT2D eigenvalue weighted by Crippen LogP contribution is -2.59. The Kier molecular flexibility index (Phi) is 6.66. The van der Waals surface area contributed by atoms with Gasteiger partial charge in [-0.05, 0) is 29.1 Å². The fourth-order valence-electron chi connectivity index (χ4n) is 4.80. The summed E-state index contributed by atoms with van der Waals surface area (Å²) < 4.78 is 6.25. The molecule has 3 amide bonds. The minimum absolute atomic E-state index is 0.00839. The van der Waals surface area contributed by atoms with Crippen molar-refractivity contribution in [1.82, 2.24) is 15.1 Å². The van der Waals surface area contributed by atoms with Crippen LogP contribution < -0.4 is 5.32 Å². The molecular weight excluding hydrogens is 462 g/mol. The zero-order chi connectivity index (χ0) is 24.3. The van der Waals surface area contributed by atoms with Crippen molar-refractivity contribution in [2.24, 2.45) is 0 Å². The van der Waals surface area contributed by atoms with Crippen LogP contribution >= 0.6 is 11.3 Å². The maximum absolute atomic E-state index is 13.7. The van der Waals surface area contributed by atoms with Crippen LogP contribution in [-0.4, -0.2) is 59.0 Å². The number of thiophene rings is 1. The third kappa shape index (κ3) is 4.72. The SMILES string of the molecule is O=C(NCc1ccccc1)[C@H]1COC2(CCN(C(=O)c3cccs3)CC2)N1C(=O)c1ccccc1. The fraction of sp³-hybridized carbons (Fsp3) is 0.296. The van der Waals surface area contributed by atoms with Gasteiger partial charge in [-0.1, -0.05) is 54.6 Å². The van der Waals surface area contributed by atoms with Crippen molar-refractivity contribution >= 4 is 29.1 Å². The van der Waals surface area contributed by atoms with Crippen molar-refractivity contribution in [3.8, 4) is 0 Å². The van der Waals surface area contributed by atoms with Crippen molar-refractivity contribution in [3.63, 3.8) is 0 Å². The molecule has 0 bridgehead atoms. The van der Waals surface area contributed by atoms with E-state index in [0.29, 0.717) is 42.9 Å². The summed E-state index contributed by atoms with van der Waals surface area (Å²) in [5, 5.41) is 4.86. The highest BCUT2D eigenvalue weighted by atomic mass is 32.1. The van der Waals surface area contributed by atoms with E-state index in [4.69, 9.17) is 4.74 Å². The van der Waals surface area contributed by atoms with Crippen LogP contribution in [-0.2, 0) is 16.1 Å². The van der Waals surface area contributed by atoms with Gasteiger partial charge in [-0.25, -0.2) is 0 Å². The minimum atomic E-state index is -0.923. The fourth-order valence-corrected chi connectivity index (χ4v) is 5.50. The van der Waals surface area contributed by atoms with Crippen LogP contribution in [0.25, 0.3) is 0 Å². The van der Waals surface area contributed by atoms with E-state index in [9.17, 15) is 14.4 Å². The predicted octanol–water partition coefficient (Wildman–Crippen LogP) is 3.54. The normalized spacial score (nSPS) is 19.0. The first-order chi connectivity index (χ1) is 17.1. The molecule has 8 heteroatoms. The van der Waals surface area contributed by atoms with Gasteiger partial charge in [0, 0.05) is 38.0 Å². The summed E-state index contributed by atoms with van der Waals surface area (Å²) in [6, 6.07) is 21.6. The quantitative estimate of drug-likeness (QED) is 0.595. The molecule has 5 rings (SSSR count). The Hall–Kier alpha value is -3.49. The molecule has 0 saturated carbocycles. The molecule has 1 N–H and O–H groups in total. The zero-order valence-corrected chi connectivity index (χ0v) is 20.1. The first kappa shape index (κ1) is 23.3. The number of rotatable bonds is 5. The number of nitrogens with one attached hydrogen (secondary N) is 1. The maximum Gasteiger partial charge on any atom is 0.263 e. The molecule has 180 valence electrons. The molecular formula is C27H27N3O4S. The Morgan fingerprint density at radius 3 is 2.26 bits per heavy atom. The van der Waals surface area contributed by atoms with Gasteiger partial charge in [0.05, 0.1) is 11.5 Å². The summed E-state index contributed by atoms with van der Waals surface area (Å²) in [6.45, 7) is 1.40. The Bertz CT molecular complexity index is 1180. The smallest absolute Gasteiger partial charge is 0.263 e. The summed E-state index contributed by atoms with van der Waals surface area (Å²) >= 11 is 1.42. The lowest BCUT2D eigenvalue weighted by atomic mass is 9.96. The highest BCUT2D eigenvalue weighted by Gasteiger charge is 2.54. The lowest BCUT2D eigenvalue weighted by molar-refractivity contribution is -0.128. The third-order valence-electron chi connectivity index (χ3n) is 6.68. The van der Waals surface area contributed by atoms with E-state index >= 15 is 0 Å². The lowest BCUT2D eigenvalue weighted by Gasteiger charge is -2.44. The molecule has 2 fully saturated rings. The van der Waals surface area contributed by atoms with Gasteiger partial charge in [-0.3, -0.25) is 19.3 Å². The van der Waals surface area contributed by atoms with Crippen molar-refractivity contribution in [3.05, 3.63) is 94.2 Å². The number of ether oxygens (including phenoxy) is 1. The molecule has 7 nitrogen and oxygen atoms in total. The van der Waals surface area contributed by atoms with Gasteiger partial charge in [-0.15, -0.1) is 11.3 Å². The molecule has 35 heavy (non-hydrogen) atoms. The molecule has 2 aliphatic heterocycles. The van der Waals surface area contributed by atoms with Crippen molar-refractivity contribution in [1.29, 1.82) is 0 Å². The Morgan fingerprint density at radius 2 is 1.60 bits per heavy atom. The number of carbonyl (C=O) groups is 3. The number of hydrogen-bond acceptors (Lipinski definition) is 5. The Balaban J connectivity index is 1.35. The molecule has 1 spiro atoms. The largest absolute Gasteiger partial charge is 0.353 e. The Labute approximate surface area is 208 Å². The second kappa shape index (κ2) is 10.0. The molecule has 2 aromatic carbocycles. The van der Waals surface area contributed by atoms with Crippen LogP contribution in [0.1, 0.15) is 38.4 Å². The summed E-state index contributed by atoms with van der Waals surface area (Å²) in [5.41, 5.74) is 0.569. The minimum Gasteiger partial charge on any atom is -0.353 e. The molecule has 2 aliphatic rings. The van der Waals surface area contributed by atoms with E-state index in [2.05, 4.69) is 5.32 Å². The maximum atomic E-state index is 13.7. The van der Waals surface area contributed by atoms with E-state index < -0.39 is 11.8 Å². The number of piperidine rings is 1. The second-order valence-corrected chi connectivity index (χ2v) is 9.73.